The van der Waals surface area contributed by atoms with Gasteiger partial charge in [0, 0.05) is 19.2 Å². The fourth-order valence-corrected chi connectivity index (χ4v) is 2.50. The fourth-order valence-electron chi connectivity index (χ4n) is 2.50. The Morgan fingerprint density at radius 3 is 2.78 bits per heavy atom. The lowest BCUT2D eigenvalue weighted by molar-refractivity contribution is 0.112. The molecule has 23 heavy (non-hydrogen) atoms. The van der Waals surface area contributed by atoms with Crippen molar-refractivity contribution in [3.05, 3.63) is 44.1 Å². The number of nitrogens with zero attached hydrogens (tertiary/aromatic N) is 3. The number of methoxy groups -OCH3 is 1. The number of fused-ring (bicyclic) bond motifs is 2. The van der Waals surface area contributed by atoms with Crippen LogP contribution in [-0.4, -0.2) is 39.5 Å². The molecular formula is C15H14N4O4. The van der Waals surface area contributed by atoms with Crippen LogP contribution >= 0.6 is 0 Å². The lowest BCUT2D eigenvalue weighted by Gasteiger charge is -2.17. The van der Waals surface area contributed by atoms with E-state index in [0.29, 0.717) is 29.7 Å². The first-order valence-electron chi connectivity index (χ1n) is 6.94. The smallest absolute Gasteiger partial charge is 0.349 e. The van der Waals surface area contributed by atoms with Crippen molar-refractivity contribution >= 4 is 17.3 Å². The Morgan fingerprint density at radius 1 is 1.30 bits per heavy atom. The van der Waals surface area contributed by atoms with Gasteiger partial charge in [-0.1, -0.05) is 0 Å². The van der Waals surface area contributed by atoms with Gasteiger partial charge in [0.2, 0.25) is 0 Å². The van der Waals surface area contributed by atoms with Crippen molar-refractivity contribution in [3.63, 3.8) is 0 Å². The molecule has 1 N–H and O–H groups in total. The van der Waals surface area contributed by atoms with Gasteiger partial charge in [-0.15, -0.1) is 0 Å². The number of ether oxygens (including phenoxy) is 1. The molecule has 0 saturated heterocycles. The van der Waals surface area contributed by atoms with Crippen LogP contribution in [0.4, 0.5) is 0 Å². The summed E-state index contributed by atoms with van der Waals surface area (Å²) in [5.74, 6) is 0.170. The Kier molecular flexibility index (Phi) is 3.75. The summed E-state index contributed by atoms with van der Waals surface area (Å²) in [4.78, 5) is 45.0. The van der Waals surface area contributed by atoms with Crippen molar-refractivity contribution in [1.29, 1.82) is 0 Å². The third-order valence-corrected chi connectivity index (χ3v) is 3.64. The van der Waals surface area contributed by atoms with Crippen LogP contribution in [0.25, 0.3) is 22.6 Å². The average molecular weight is 314 g/mol. The molecule has 8 heteroatoms. The molecule has 0 aromatic heterocycles. The van der Waals surface area contributed by atoms with Gasteiger partial charge < -0.3 is 9.30 Å². The Morgan fingerprint density at radius 2 is 2.09 bits per heavy atom. The second kappa shape index (κ2) is 5.73. The Hall–Kier alpha value is -2.87. The molecule has 3 rings (SSSR count). The third-order valence-electron chi connectivity index (χ3n) is 3.64. The highest BCUT2D eigenvalue weighted by atomic mass is 16.5. The minimum atomic E-state index is -0.738. The number of benzene rings is 1. The number of aromatic amines is 1. The topological polar surface area (TPSA) is 107 Å². The third kappa shape index (κ3) is 2.53. The summed E-state index contributed by atoms with van der Waals surface area (Å²) in [5, 5.41) is 0. The lowest BCUT2D eigenvalue weighted by atomic mass is 10.1. The molecule has 0 saturated carbocycles. The molecule has 8 nitrogen and oxygen atoms in total. The predicted molar refractivity (Wildman–Crippen MR) is 83.0 cm³/mol. The van der Waals surface area contributed by atoms with Crippen LogP contribution in [-0.2, 0) is 11.3 Å². The summed E-state index contributed by atoms with van der Waals surface area (Å²) in [6, 6.07) is 3.40. The van der Waals surface area contributed by atoms with Gasteiger partial charge in [0.15, 0.2) is 11.5 Å². The van der Waals surface area contributed by atoms with E-state index in [2.05, 4.69) is 15.0 Å². The maximum absolute atomic E-state index is 12.0. The largest absolute Gasteiger partial charge is 0.383 e. The van der Waals surface area contributed by atoms with E-state index >= 15 is 0 Å². The quantitative estimate of drug-likeness (QED) is 0.550. The van der Waals surface area contributed by atoms with Crippen molar-refractivity contribution in [2.24, 2.45) is 0 Å². The number of rotatable bonds is 4. The van der Waals surface area contributed by atoms with Crippen LogP contribution in [0.5, 0.6) is 0 Å². The number of aromatic nitrogens is 4. The van der Waals surface area contributed by atoms with E-state index in [1.54, 1.807) is 30.7 Å². The molecule has 0 spiro atoms. The zero-order valence-electron chi connectivity index (χ0n) is 12.6. The van der Waals surface area contributed by atoms with E-state index in [0.717, 1.165) is 11.8 Å². The first-order valence-corrected chi connectivity index (χ1v) is 6.94. The molecule has 2 aliphatic heterocycles. The zero-order valence-corrected chi connectivity index (χ0v) is 12.6. The Bertz CT molecular complexity index is 989. The van der Waals surface area contributed by atoms with Crippen LogP contribution < -0.4 is 11.2 Å². The number of aldehydes is 1. The van der Waals surface area contributed by atoms with Crippen molar-refractivity contribution in [1.82, 2.24) is 19.5 Å². The van der Waals surface area contributed by atoms with Crippen molar-refractivity contribution in [3.8, 4) is 11.5 Å². The number of carbonyl (C=O) groups is 1. The Labute approximate surface area is 130 Å². The summed E-state index contributed by atoms with van der Waals surface area (Å²) >= 11 is 0. The summed E-state index contributed by atoms with van der Waals surface area (Å²) in [7, 11) is 1.55. The number of hydrogen-bond acceptors (Lipinski definition) is 6. The van der Waals surface area contributed by atoms with E-state index in [4.69, 9.17) is 4.74 Å². The maximum Gasteiger partial charge on any atom is 0.349 e. The van der Waals surface area contributed by atoms with Crippen LogP contribution in [0.1, 0.15) is 15.9 Å². The van der Waals surface area contributed by atoms with E-state index in [1.807, 2.05) is 0 Å². The highest BCUT2D eigenvalue weighted by molar-refractivity contribution is 5.88. The molecule has 2 heterocycles. The van der Waals surface area contributed by atoms with Crippen LogP contribution in [0.15, 0.2) is 21.7 Å². The normalized spacial score (nSPS) is 11.2. The number of aryl methyl sites for hydroxylation is 1. The highest BCUT2D eigenvalue weighted by Crippen LogP contribution is 2.23. The Balaban J connectivity index is 2.48. The molecule has 0 unspecified atom stereocenters. The summed E-state index contributed by atoms with van der Waals surface area (Å²) < 4.78 is 6.75. The summed E-state index contributed by atoms with van der Waals surface area (Å²) in [6.45, 7) is 2.51. The lowest BCUT2D eigenvalue weighted by Crippen LogP contribution is -2.29. The van der Waals surface area contributed by atoms with Crippen molar-refractivity contribution < 1.29 is 9.53 Å². The number of nitrogens with one attached hydrogen (secondary N) is 1. The molecule has 118 valence electrons. The minimum absolute atomic E-state index is 0.0754. The van der Waals surface area contributed by atoms with Gasteiger partial charge in [-0.2, -0.15) is 4.98 Å². The SMILES string of the molecule is COCCn1c2nc(=O)[nH]c(=O)c-2nc2cc(C)c(C=O)cc21. The van der Waals surface area contributed by atoms with Gasteiger partial charge in [0.1, 0.15) is 6.29 Å². The molecule has 2 aliphatic rings. The second-order valence-electron chi connectivity index (χ2n) is 5.11. The van der Waals surface area contributed by atoms with Crippen LogP contribution in [0.3, 0.4) is 0 Å². The van der Waals surface area contributed by atoms with E-state index in [-0.39, 0.29) is 11.5 Å². The molecule has 1 aromatic carbocycles. The number of H-pyrrole nitrogens is 1. The highest BCUT2D eigenvalue weighted by Gasteiger charge is 2.19. The molecule has 0 aliphatic carbocycles. The molecule has 0 radical (unpaired) electrons. The molecule has 0 atom stereocenters. The maximum atomic E-state index is 12.0. The van der Waals surface area contributed by atoms with E-state index < -0.39 is 11.2 Å². The van der Waals surface area contributed by atoms with Crippen LogP contribution in [0.2, 0.25) is 0 Å². The average Bonchev–Trinajstić information content (AvgIpc) is 2.51. The first-order chi connectivity index (χ1) is 11.0. The molecule has 0 amide bonds. The second-order valence-corrected chi connectivity index (χ2v) is 5.11. The van der Waals surface area contributed by atoms with Crippen LogP contribution in [0, 0.1) is 6.92 Å². The van der Waals surface area contributed by atoms with E-state index in [1.165, 1.54) is 0 Å². The van der Waals surface area contributed by atoms with Crippen molar-refractivity contribution in [2.45, 2.75) is 13.5 Å². The molecule has 0 bridgehead atoms. The fraction of sp³-hybridized carbons (Fsp3) is 0.267. The summed E-state index contributed by atoms with van der Waals surface area (Å²) in [6.07, 6.45) is 0.754. The zero-order chi connectivity index (χ0) is 16.6. The van der Waals surface area contributed by atoms with Gasteiger partial charge in [-0.05, 0) is 24.6 Å². The molecular weight excluding hydrogens is 300 g/mol. The monoisotopic (exact) mass is 314 g/mol. The molecule has 0 fully saturated rings. The van der Waals surface area contributed by atoms with Gasteiger partial charge in [0.25, 0.3) is 5.56 Å². The van der Waals surface area contributed by atoms with Gasteiger partial charge in [0.05, 0.1) is 17.6 Å². The number of hydrogen-bond donors (Lipinski definition) is 1. The van der Waals surface area contributed by atoms with Gasteiger partial charge in [-0.25, -0.2) is 9.78 Å². The first kappa shape index (κ1) is 15.0. The van der Waals surface area contributed by atoms with Crippen molar-refractivity contribution in [2.75, 3.05) is 13.7 Å². The van der Waals surface area contributed by atoms with E-state index in [9.17, 15) is 14.4 Å². The van der Waals surface area contributed by atoms with Gasteiger partial charge >= 0.3 is 5.69 Å². The molecule has 1 aromatic rings. The standard InChI is InChI=1S/C15H14N4O4/c1-8-5-10-11(6-9(8)7-20)19(3-4-23-2)13-12(16-10)14(21)18-15(22)17-13/h5-7H,3-4H2,1-2H3,(H,18,21,22). The predicted octanol–water partition coefficient (Wildman–Crippen LogP) is 0.352. The summed E-state index contributed by atoms with van der Waals surface area (Å²) in [5.41, 5.74) is 1.16. The minimum Gasteiger partial charge on any atom is -0.383 e. The number of carbonyl (C=O) groups excluding carboxylic acids is 1. The van der Waals surface area contributed by atoms with Gasteiger partial charge in [-0.3, -0.25) is 14.6 Å².